The quantitative estimate of drug-likeness (QED) is 0.142. The average molecular weight is 880 g/mol. The van der Waals surface area contributed by atoms with Gasteiger partial charge in [0, 0.05) is 51.5 Å². The van der Waals surface area contributed by atoms with Gasteiger partial charge in [-0.1, -0.05) is 17.9 Å². The van der Waals surface area contributed by atoms with E-state index in [4.69, 9.17) is 14.5 Å². The lowest BCUT2D eigenvalue weighted by Crippen LogP contribution is -2.44. The molecular formula is C45H51F2N11O6. The first-order valence-corrected chi connectivity index (χ1v) is 22.4. The van der Waals surface area contributed by atoms with Crippen LogP contribution < -0.4 is 21.2 Å². The van der Waals surface area contributed by atoms with Crippen LogP contribution in [0, 0.1) is 17.8 Å². The summed E-state index contributed by atoms with van der Waals surface area (Å²) in [6.45, 7) is 6.68. The molecule has 0 spiro atoms. The number of anilines is 2. The number of nitrogens with zero attached hydrogens (tertiary/aromatic N) is 9. The van der Waals surface area contributed by atoms with Gasteiger partial charge in [0.1, 0.15) is 24.0 Å². The van der Waals surface area contributed by atoms with Crippen LogP contribution >= 0.6 is 0 Å². The second-order valence-electron chi connectivity index (χ2n) is 17.6. The fourth-order valence-corrected chi connectivity index (χ4v) is 10.4. The standard InChI is InChI=1S/C45H51F2N11O6/c1-2-54-40-28(5-3-7-35(40)58(45(54)62)36-12-13-38(59)51-44(36)61)6-4-20-63-31-14-17-53(18-15-31)23-27-8-10-29(11-9-27)57-25-34(39(52-57)41(46)47)49-43(60)33-22-48-56-19-16-37(50-42(33)56)55-24-32-21-30(55)26-64-32/h3,5,7,16,19,22,25,27,29-32,36,41H,2,8-15,17-18,20-21,23-24,26H2,1H3,(H,49,60)(H,51,59,61)/t27?,29?,30-,32-,36?/m1/s1. The number of imide groups is 1. The Bertz CT molecular complexity index is 2720. The van der Waals surface area contributed by atoms with E-state index in [-0.39, 0.29) is 66.6 Å². The molecule has 19 heteroatoms. The molecule has 10 rings (SSSR count). The zero-order valence-electron chi connectivity index (χ0n) is 35.6. The Morgan fingerprint density at radius 2 is 1.89 bits per heavy atom. The molecule has 1 aromatic carbocycles. The van der Waals surface area contributed by atoms with Gasteiger partial charge in [-0.25, -0.2) is 23.1 Å². The second-order valence-corrected chi connectivity index (χ2v) is 17.6. The second kappa shape index (κ2) is 17.5. The summed E-state index contributed by atoms with van der Waals surface area (Å²) in [5.74, 6) is 6.18. The minimum atomic E-state index is -2.86. The van der Waals surface area contributed by atoms with Crippen LogP contribution in [-0.2, 0) is 25.6 Å². The highest BCUT2D eigenvalue weighted by Gasteiger charge is 2.40. The number of hydrogen-bond acceptors (Lipinski definition) is 11. The fraction of sp³-hybridized carbons (Fsp3) is 0.533. The monoisotopic (exact) mass is 879 g/mol. The number of alkyl halides is 2. The lowest BCUT2D eigenvalue weighted by atomic mass is 9.85. The summed E-state index contributed by atoms with van der Waals surface area (Å²) in [7, 11) is 0. The van der Waals surface area contributed by atoms with Crippen molar-refractivity contribution in [3.63, 3.8) is 0 Å². The smallest absolute Gasteiger partial charge is 0.329 e. The number of benzene rings is 1. The van der Waals surface area contributed by atoms with Crippen molar-refractivity contribution in [3.05, 3.63) is 70.2 Å². The third-order valence-corrected chi connectivity index (χ3v) is 13.7. The van der Waals surface area contributed by atoms with E-state index in [1.165, 1.54) is 21.5 Å². The predicted octanol–water partition coefficient (Wildman–Crippen LogP) is 4.47. The topological polar surface area (TPSA) is 175 Å². The number of imidazole rings is 1. The molecule has 4 aliphatic heterocycles. The Hall–Kier alpha value is -5.97. The number of aryl methyl sites for hydroxylation is 1. The Balaban J connectivity index is 0.704. The van der Waals surface area contributed by atoms with E-state index in [1.807, 2.05) is 31.2 Å². The molecule has 3 amide bonds. The number of morpholine rings is 1. The first-order valence-electron chi connectivity index (χ1n) is 22.4. The SMILES string of the molecule is CCn1c(=O)n(C2CCC(=O)NC2=O)c2cccc(C#CCOC3CCN(CC4CCC(n5cc(NC(=O)c6cnn7ccc(N8C[C@H]9C[C@@H]8CO9)nc67)c(C(F)F)n5)CC4)CC3)c21. The van der Waals surface area contributed by atoms with Crippen LogP contribution in [0.4, 0.5) is 20.3 Å². The van der Waals surface area contributed by atoms with Crippen molar-refractivity contribution in [1.82, 2.24) is 43.7 Å². The number of halogens is 2. The van der Waals surface area contributed by atoms with Gasteiger partial charge in [0.05, 0.1) is 59.4 Å². The van der Waals surface area contributed by atoms with Gasteiger partial charge in [-0.15, -0.1) is 0 Å². The first-order chi connectivity index (χ1) is 31.1. The third-order valence-electron chi connectivity index (χ3n) is 13.7. The van der Waals surface area contributed by atoms with E-state index in [0.717, 1.165) is 76.9 Å². The van der Waals surface area contributed by atoms with Gasteiger partial charge in [0.15, 0.2) is 11.3 Å². The molecule has 3 atom stereocenters. The summed E-state index contributed by atoms with van der Waals surface area (Å²) >= 11 is 0. The number of rotatable bonds is 11. The van der Waals surface area contributed by atoms with Crippen molar-refractivity contribution in [2.45, 2.75) is 108 Å². The van der Waals surface area contributed by atoms with Gasteiger partial charge in [-0.2, -0.15) is 10.2 Å². The van der Waals surface area contributed by atoms with Gasteiger partial charge in [0.2, 0.25) is 11.8 Å². The Kier molecular flexibility index (Phi) is 11.5. The number of carbonyl (C=O) groups is 3. The number of likely N-dealkylation sites (tertiary alicyclic amines) is 1. The highest BCUT2D eigenvalue weighted by atomic mass is 19.3. The maximum atomic E-state index is 14.3. The van der Waals surface area contributed by atoms with E-state index < -0.39 is 30.0 Å². The zero-order valence-corrected chi connectivity index (χ0v) is 35.6. The Labute approximate surface area is 367 Å². The lowest BCUT2D eigenvalue weighted by molar-refractivity contribution is -0.135. The number of nitrogens with one attached hydrogen (secondary N) is 2. The molecule has 8 heterocycles. The summed E-state index contributed by atoms with van der Waals surface area (Å²) in [5, 5.41) is 13.6. The van der Waals surface area contributed by atoms with Gasteiger partial charge in [-0.05, 0) is 82.4 Å². The minimum Gasteiger partial charge on any atom is -0.374 e. The number of ether oxygens (including phenoxy) is 2. The highest BCUT2D eigenvalue weighted by Crippen LogP contribution is 2.36. The van der Waals surface area contributed by atoms with Gasteiger partial charge >= 0.3 is 5.69 Å². The molecule has 1 aliphatic carbocycles. The van der Waals surface area contributed by atoms with Crippen LogP contribution in [0.1, 0.15) is 105 Å². The fourth-order valence-electron chi connectivity index (χ4n) is 10.4. The maximum Gasteiger partial charge on any atom is 0.329 e. The van der Waals surface area contributed by atoms with Crippen molar-refractivity contribution in [1.29, 1.82) is 0 Å². The maximum absolute atomic E-state index is 14.3. The number of carbonyl (C=O) groups excluding carboxylic acids is 3. The van der Waals surface area contributed by atoms with Crippen LogP contribution in [0.25, 0.3) is 16.7 Å². The van der Waals surface area contributed by atoms with Crippen molar-refractivity contribution in [2.24, 2.45) is 5.92 Å². The van der Waals surface area contributed by atoms with Crippen molar-refractivity contribution in [2.75, 3.05) is 49.6 Å². The summed E-state index contributed by atoms with van der Waals surface area (Å²) in [5.41, 5.74) is 1.73. The Morgan fingerprint density at radius 3 is 2.62 bits per heavy atom. The molecule has 0 radical (unpaired) electrons. The molecule has 4 aromatic heterocycles. The number of hydrogen-bond donors (Lipinski definition) is 2. The normalized spacial score (nSPS) is 24.2. The third kappa shape index (κ3) is 8.07. The number of para-hydroxylation sites is 1. The van der Waals surface area contributed by atoms with Gasteiger partial charge in [-0.3, -0.25) is 33.5 Å². The molecule has 2 bridgehead atoms. The van der Waals surface area contributed by atoms with Gasteiger partial charge < -0.3 is 24.6 Å². The molecule has 4 saturated heterocycles. The average Bonchev–Trinajstić information content (AvgIpc) is 4.15. The Morgan fingerprint density at radius 1 is 1.06 bits per heavy atom. The van der Waals surface area contributed by atoms with Crippen molar-refractivity contribution < 1.29 is 32.6 Å². The molecule has 5 aromatic rings. The van der Waals surface area contributed by atoms with E-state index >= 15 is 0 Å². The van der Waals surface area contributed by atoms with Crippen LogP contribution in [0.3, 0.4) is 0 Å². The van der Waals surface area contributed by atoms with Gasteiger partial charge in [0.25, 0.3) is 12.3 Å². The molecule has 1 unspecified atom stereocenters. The molecular weight excluding hydrogens is 829 g/mol. The van der Waals surface area contributed by atoms with Crippen molar-refractivity contribution >= 4 is 45.9 Å². The largest absolute Gasteiger partial charge is 0.374 e. The summed E-state index contributed by atoms with van der Waals surface area (Å²) in [6, 6.07) is 6.79. The number of amides is 3. The van der Waals surface area contributed by atoms with Crippen LogP contribution in [0.2, 0.25) is 0 Å². The minimum absolute atomic E-state index is 0.00993. The molecule has 17 nitrogen and oxygen atoms in total. The molecule has 2 N–H and O–H groups in total. The first kappa shape index (κ1) is 42.0. The number of aromatic nitrogens is 7. The number of fused-ring (bicyclic) bond motifs is 4. The zero-order chi connectivity index (χ0) is 44.1. The van der Waals surface area contributed by atoms with Crippen LogP contribution in [0.15, 0.2) is 47.7 Å². The molecule has 336 valence electrons. The summed E-state index contributed by atoms with van der Waals surface area (Å²) in [6.07, 6.45) is 8.74. The van der Waals surface area contributed by atoms with E-state index in [0.29, 0.717) is 41.3 Å². The van der Waals surface area contributed by atoms with Crippen LogP contribution in [0.5, 0.6) is 0 Å². The van der Waals surface area contributed by atoms with Crippen molar-refractivity contribution in [3.8, 4) is 11.8 Å². The molecule has 5 aliphatic rings. The predicted molar refractivity (Wildman–Crippen MR) is 230 cm³/mol. The molecule has 64 heavy (non-hydrogen) atoms. The lowest BCUT2D eigenvalue weighted by Gasteiger charge is -2.36. The molecule has 1 saturated carbocycles. The van der Waals surface area contributed by atoms with E-state index in [2.05, 4.69) is 42.5 Å². The van der Waals surface area contributed by atoms with E-state index in [9.17, 15) is 28.0 Å². The number of piperidine rings is 2. The van der Waals surface area contributed by atoms with E-state index in [1.54, 1.807) is 15.4 Å². The van der Waals surface area contributed by atoms with Crippen LogP contribution in [-0.4, -0.2) is 114 Å². The summed E-state index contributed by atoms with van der Waals surface area (Å²) < 4.78 is 46.7. The summed E-state index contributed by atoms with van der Waals surface area (Å²) in [4.78, 5) is 60.9. The molecule has 5 fully saturated rings. The highest BCUT2D eigenvalue weighted by molar-refractivity contribution is 6.08.